The molecule has 3 nitrogen and oxygen atoms in total. The summed E-state index contributed by atoms with van der Waals surface area (Å²) in [5.41, 5.74) is 4.75. The number of hydrogen-bond acceptors (Lipinski definition) is 3. The Morgan fingerprint density at radius 3 is 2.76 bits per heavy atom. The zero-order valence-electron chi connectivity index (χ0n) is 12.5. The third-order valence-corrected chi connectivity index (χ3v) is 4.40. The number of aromatic nitrogens is 1. The Hall–Kier alpha value is -1.90. The van der Waals surface area contributed by atoms with Crippen LogP contribution >= 0.6 is 0 Å². The molecule has 1 N–H and O–H groups in total. The molecule has 2 heterocycles. The molecular weight excluding hydrogens is 258 g/mol. The first-order chi connectivity index (χ1) is 10.3. The molecule has 0 saturated heterocycles. The van der Waals surface area contributed by atoms with Crippen molar-refractivity contribution >= 4 is 5.71 Å². The van der Waals surface area contributed by atoms with Gasteiger partial charge >= 0.3 is 0 Å². The average Bonchev–Trinajstić information content (AvgIpc) is 3.20. The molecule has 1 saturated carbocycles. The Labute approximate surface area is 126 Å². The molecule has 1 aromatic rings. The lowest BCUT2D eigenvalue weighted by Gasteiger charge is -2.15. The Morgan fingerprint density at radius 1 is 1.24 bits per heavy atom. The van der Waals surface area contributed by atoms with Crippen LogP contribution in [-0.4, -0.2) is 17.2 Å². The maximum absolute atomic E-state index is 4.73. The van der Waals surface area contributed by atoms with Crippen LogP contribution in [0, 0.1) is 5.92 Å². The van der Waals surface area contributed by atoms with E-state index in [-0.39, 0.29) is 0 Å². The van der Waals surface area contributed by atoms with E-state index < -0.39 is 0 Å². The van der Waals surface area contributed by atoms with E-state index in [1.807, 2.05) is 24.5 Å². The third-order valence-electron chi connectivity index (χ3n) is 4.40. The van der Waals surface area contributed by atoms with Gasteiger partial charge in [-0.2, -0.15) is 0 Å². The largest absolute Gasteiger partial charge is 0.388 e. The first-order valence-electron chi connectivity index (χ1n) is 7.92. The summed E-state index contributed by atoms with van der Waals surface area (Å²) in [6.07, 6.45) is 13.1. The van der Waals surface area contributed by atoms with Crippen molar-refractivity contribution in [1.82, 2.24) is 10.3 Å². The molecule has 3 heteroatoms. The topological polar surface area (TPSA) is 37.3 Å². The van der Waals surface area contributed by atoms with Crippen molar-refractivity contribution in [1.29, 1.82) is 0 Å². The smallest absolute Gasteiger partial charge is 0.0518 e. The van der Waals surface area contributed by atoms with E-state index in [0.29, 0.717) is 5.92 Å². The van der Waals surface area contributed by atoms with Crippen LogP contribution in [0.1, 0.15) is 44.1 Å². The van der Waals surface area contributed by atoms with Gasteiger partial charge in [-0.15, -0.1) is 0 Å². The molecule has 0 bridgehead atoms. The predicted molar refractivity (Wildman–Crippen MR) is 87.2 cm³/mol. The van der Waals surface area contributed by atoms with Gasteiger partial charge in [0.2, 0.25) is 0 Å². The minimum Gasteiger partial charge on any atom is -0.388 e. The summed E-state index contributed by atoms with van der Waals surface area (Å²) >= 11 is 0. The van der Waals surface area contributed by atoms with Crippen LogP contribution in [0.15, 0.2) is 53.6 Å². The molecule has 0 unspecified atom stereocenters. The number of hydrogen-bond donors (Lipinski definition) is 1. The first-order valence-corrected chi connectivity index (χ1v) is 7.92. The summed E-state index contributed by atoms with van der Waals surface area (Å²) in [6, 6.07) is 4.05. The molecule has 1 aromatic heterocycles. The fourth-order valence-corrected chi connectivity index (χ4v) is 3.13. The second-order valence-corrected chi connectivity index (χ2v) is 5.88. The lowest BCUT2D eigenvalue weighted by atomic mass is 10.1. The highest BCUT2D eigenvalue weighted by Gasteiger charge is 2.17. The number of aliphatic imine (C=N–C) groups is 1. The van der Waals surface area contributed by atoms with Crippen LogP contribution < -0.4 is 5.32 Å². The van der Waals surface area contributed by atoms with E-state index >= 15 is 0 Å². The van der Waals surface area contributed by atoms with E-state index in [1.54, 1.807) is 0 Å². The van der Waals surface area contributed by atoms with Crippen molar-refractivity contribution in [3.05, 3.63) is 54.1 Å². The lowest BCUT2D eigenvalue weighted by molar-refractivity contribution is 0.578. The number of pyridine rings is 1. The van der Waals surface area contributed by atoms with Gasteiger partial charge in [-0.1, -0.05) is 25.5 Å². The molecular formula is C18H23N3. The van der Waals surface area contributed by atoms with Crippen molar-refractivity contribution < 1.29 is 0 Å². The minimum absolute atomic E-state index is 0.693. The molecule has 2 aliphatic rings. The van der Waals surface area contributed by atoms with Gasteiger partial charge in [0.05, 0.1) is 5.71 Å². The molecule has 21 heavy (non-hydrogen) atoms. The van der Waals surface area contributed by atoms with Gasteiger partial charge in [0.15, 0.2) is 0 Å². The SMILES string of the molecule is C=C(NCCC1=CCC(c2ccncc2)=N1)C1CCCC1. The highest BCUT2D eigenvalue weighted by atomic mass is 14.9. The van der Waals surface area contributed by atoms with Gasteiger partial charge in [-0.3, -0.25) is 9.98 Å². The molecule has 0 radical (unpaired) electrons. The zero-order valence-corrected chi connectivity index (χ0v) is 12.5. The van der Waals surface area contributed by atoms with Crippen LogP contribution in [0.4, 0.5) is 0 Å². The standard InChI is InChI=1S/C18H23N3/c1-14(15-4-2-3-5-15)20-13-10-17-6-7-18(21-17)16-8-11-19-12-9-16/h6,8-9,11-12,15,20H,1-5,7,10,13H2. The van der Waals surface area contributed by atoms with Crippen molar-refractivity contribution in [2.24, 2.45) is 10.9 Å². The molecule has 1 aliphatic carbocycles. The van der Waals surface area contributed by atoms with Gasteiger partial charge in [0, 0.05) is 43.2 Å². The lowest BCUT2D eigenvalue weighted by Crippen LogP contribution is -2.19. The van der Waals surface area contributed by atoms with Crippen LogP contribution in [0.3, 0.4) is 0 Å². The zero-order chi connectivity index (χ0) is 14.5. The summed E-state index contributed by atoms with van der Waals surface area (Å²) in [5, 5.41) is 3.49. The molecule has 3 rings (SSSR count). The number of nitrogens with zero attached hydrogens (tertiary/aromatic N) is 2. The van der Waals surface area contributed by atoms with Crippen LogP contribution in [0.25, 0.3) is 0 Å². The highest BCUT2D eigenvalue weighted by molar-refractivity contribution is 6.03. The van der Waals surface area contributed by atoms with Gasteiger partial charge in [-0.25, -0.2) is 0 Å². The Morgan fingerprint density at radius 2 is 2.00 bits per heavy atom. The summed E-state index contributed by atoms with van der Waals surface area (Å²) in [4.78, 5) is 8.78. The minimum atomic E-state index is 0.693. The fourth-order valence-electron chi connectivity index (χ4n) is 3.13. The summed E-state index contributed by atoms with van der Waals surface area (Å²) in [5.74, 6) is 0.693. The molecule has 0 spiro atoms. The van der Waals surface area contributed by atoms with Crippen molar-refractivity contribution in [3.8, 4) is 0 Å². The fraction of sp³-hybridized carbons (Fsp3) is 0.444. The van der Waals surface area contributed by atoms with Gasteiger partial charge in [0.25, 0.3) is 0 Å². The van der Waals surface area contributed by atoms with Crippen LogP contribution in [-0.2, 0) is 0 Å². The molecule has 0 amide bonds. The summed E-state index contributed by atoms with van der Waals surface area (Å²) < 4.78 is 0. The summed E-state index contributed by atoms with van der Waals surface area (Å²) in [6.45, 7) is 5.13. The number of allylic oxidation sites excluding steroid dienone is 2. The maximum atomic E-state index is 4.73. The van der Waals surface area contributed by atoms with Crippen LogP contribution in [0.5, 0.6) is 0 Å². The van der Waals surface area contributed by atoms with Crippen molar-refractivity contribution in [2.75, 3.05) is 6.54 Å². The predicted octanol–water partition coefficient (Wildman–Crippen LogP) is 3.84. The third kappa shape index (κ3) is 3.60. The molecule has 0 atom stereocenters. The monoisotopic (exact) mass is 281 g/mol. The molecule has 1 aliphatic heterocycles. The maximum Gasteiger partial charge on any atom is 0.0518 e. The average molecular weight is 281 g/mol. The van der Waals surface area contributed by atoms with E-state index in [2.05, 4.69) is 23.0 Å². The second kappa shape index (κ2) is 6.70. The molecule has 0 aromatic carbocycles. The Balaban J connectivity index is 1.46. The van der Waals surface area contributed by atoms with Gasteiger partial charge in [0.1, 0.15) is 0 Å². The number of rotatable bonds is 6. The normalized spacial score (nSPS) is 18.5. The highest BCUT2D eigenvalue weighted by Crippen LogP contribution is 2.29. The van der Waals surface area contributed by atoms with Gasteiger partial charge in [-0.05, 0) is 36.5 Å². The van der Waals surface area contributed by atoms with Crippen molar-refractivity contribution in [3.63, 3.8) is 0 Å². The van der Waals surface area contributed by atoms with Gasteiger partial charge < -0.3 is 5.32 Å². The Kier molecular flexibility index (Phi) is 4.49. The Bertz CT molecular complexity index is 551. The van der Waals surface area contributed by atoms with E-state index in [1.165, 1.54) is 42.6 Å². The summed E-state index contributed by atoms with van der Waals surface area (Å²) in [7, 11) is 0. The van der Waals surface area contributed by atoms with Crippen LogP contribution in [0.2, 0.25) is 0 Å². The molecule has 110 valence electrons. The van der Waals surface area contributed by atoms with E-state index in [4.69, 9.17) is 4.99 Å². The first kappa shape index (κ1) is 14.1. The van der Waals surface area contributed by atoms with E-state index in [9.17, 15) is 0 Å². The van der Waals surface area contributed by atoms with E-state index in [0.717, 1.165) is 25.1 Å². The molecule has 1 fully saturated rings. The quantitative estimate of drug-likeness (QED) is 0.860. The van der Waals surface area contributed by atoms with Crippen molar-refractivity contribution in [2.45, 2.75) is 38.5 Å². The number of nitrogens with one attached hydrogen (secondary N) is 1. The second-order valence-electron chi connectivity index (χ2n) is 5.88.